The van der Waals surface area contributed by atoms with Gasteiger partial charge in [-0.15, -0.1) is 0 Å². The third-order valence-corrected chi connectivity index (χ3v) is 3.94. The van der Waals surface area contributed by atoms with Gasteiger partial charge in [0.25, 0.3) is 5.69 Å². The second-order valence-electron chi connectivity index (χ2n) is 5.67. The van der Waals surface area contributed by atoms with Gasteiger partial charge in [-0.2, -0.15) is 0 Å². The number of hydrogen-bond donors (Lipinski definition) is 1. The van der Waals surface area contributed by atoms with Crippen LogP contribution in [-0.2, 0) is 5.41 Å². The molecule has 0 radical (unpaired) electrons. The molecule has 0 amide bonds. The highest BCUT2D eigenvalue weighted by Gasteiger charge is 2.28. The zero-order valence-corrected chi connectivity index (χ0v) is 11.6. The van der Waals surface area contributed by atoms with Crippen LogP contribution in [0.2, 0.25) is 0 Å². The average Bonchev–Trinajstić information content (AvgIpc) is 2.39. The van der Waals surface area contributed by atoms with Gasteiger partial charge in [-0.25, -0.2) is 0 Å². The lowest BCUT2D eigenvalue weighted by molar-refractivity contribution is -0.384. The van der Waals surface area contributed by atoms with Gasteiger partial charge in [0.2, 0.25) is 0 Å². The molecule has 102 valence electrons. The molecule has 0 aliphatic carbocycles. The number of non-ortho nitro benzene ring substituents is 1. The van der Waals surface area contributed by atoms with E-state index in [0.29, 0.717) is 6.04 Å². The van der Waals surface area contributed by atoms with E-state index in [0.717, 1.165) is 18.5 Å². The summed E-state index contributed by atoms with van der Waals surface area (Å²) in [5.74, 6) is 0. The molecule has 0 aromatic heterocycles. The molecule has 1 aliphatic rings. The second-order valence-corrected chi connectivity index (χ2v) is 5.67. The summed E-state index contributed by atoms with van der Waals surface area (Å²) in [6, 6.07) is 7.39. The minimum atomic E-state index is -0.358. The minimum Gasteiger partial charge on any atom is -0.310 e. The Labute approximate surface area is 113 Å². The van der Waals surface area contributed by atoms with Crippen LogP contribution in [0.4, 0.5) is 5.69 Å². The molecule has 0 bridgehead atoms. The van der Waals surface area contributed by atoms with Crippen LogP contribution in [0.5, 0.6) is 0 Å². The van der Waals surface area contributed by atoms with Gasteiger partial charge in [-0.05, 0) is 18.9 Å². The first-order valence-electron chi connectivity index (χ1n) is 6.59. The topological polar surface area (TPSA) is 55.2 Å². The summed E-state index contributed by atoms with van der Waals surface area (Å²) in [7, 11) is 0. The monoisotopic (exact) mass is 260 g/mol. The average molecular weight is 260 g/mol. The van der Waals surface area contributed by atoms with Gasteiger partial charge < -0.3 is 5.32 Å². The van der Waals surface area contributed by atoms with Gasteiger partial charge in [0.1, 0.15) is 0 Å². The van der Waals surface area contributed by atoms with Crippen LogP contribution in [0, 0.1) is 10.1 Å². The largest absolute Gasteiger partial charge is 0.310 e. The van der Waals surface area contributed by atoms with Gasteiger partial charge in [-0.3, -0.25) is 10.1 Å². The van der Waals surface area contributed by atoms with Crippen molar-refractivity contribution in [3.63, 3.8) is 0 Å². The molecule has 4 heteroatoms. The van der Waals surface area contributed by atoms with E-state index in [2.05, 4.69) is 32.2 Å². The first kappa shape index (κ1) is 13.7. The number of nitrogens with one attached hydrogen (secondary N) is 1. The lowest BCUT2D eigenvalue weighted by atomic mass is 9.74. The van der Waals surface area contributed by atoms with Gasteiger partial charge in [0.15, 0.2) is 0 Å². The van der Waals surface area contributed by atoms with E-state index in [4.69, 9.17) is 0 Å². The van der Waals surface area contributed by atoms with E-state index >= 15 is 0 Å². The number of nitro groups is 1. The molecule has 0 spiro atoms. The smallest absolute Gasteiger partial charge is 0.269 e. The highest BCUT2D eigenvalue weighted by atomic mass is 16.6. The summed E-state index contributed by atoms with van der Waals surface area (Å²) in [5.41, 5.74) is 2.59. The highest BCUT2D eigenvalue weighted by molar-refractivity contribution is 5.41. The molecule has 1 unspecified atom stereocenters. The Morgan fingerprint density at radius 1 is 1.32 bits per heavy atom. The van der Waals surface area contributed by atoms with Gasteiger partial charge in [0, 0.05) is 30.1 Å². The lowest BCUT2D eigenvalue weighted by Crippen LogP contribution is -2.35. The van der Waals surface area contributed by atoms with Crippen LogP contribution in [0.25, 0.3) is 0 Å². The SMILES string of the molecule is CC1CC(C(C)(C)c2ccc([N+](=O)[O-])cc2)=CCN1. The Morgan fingerprint density at radius 3 is 2.47 bits per heavy atom. The third-order valence-electron chi connectivity index (χ3n) is 3.94. The van der Waals surface area contributed by atoms with Crippen molar-refractivity contribution in [3.05, 3.63) is 51.6 Å². The van der Waals surface area contributed by atoms with Crippen molar-refractivity contribution >= 4 is 5.69 Å². The highest BCUT2D eigenvalue weighted by Crippen LogP contribution is 2.35. The third kappa shape index (κ3) is 2.84. The molecule has 0 saturated heterocycles. The number of benzene rings is 1. The van der Waals surface area contributed by atoms with Gasteiger partial charge >= 0.3 is 0 Å². The van der Waals surface area contributed by atoms with Crippen LogP contribution in [0.1, 0.15) is 32.8 Å². The molecular weight excluding hydrogens is 240 g/mol. The van der Waals surface area contributed by atoms with Crippen molar-refractivity contribution in [2.75, 3.05) is 6.54 Å². The van der Waals surface area contributed by atoms with Crippen LogP contribution in [0.15, 0.2) is 35.9 Å². The number of rotatable bonds is 3. The fourth-order valence-corrected chi connectivity index (χ4v) is 2.56. The summed E-state index contributed by atoms with van der Waals surface area (Å²) in [6.07, 6.45) is 3.26. The zero-order chi connectivity index (χ0) is 14.0. The molecule has 1 atom stereocenters. The van der Waals surface area contributed by atoms with Crippen molar-refractivity contribution < 1.29 is 4.92 Å². The summed E-state index contributed by atoms with van der Waals surface area (Å²) in [6.45, 7) is 7.43. The Bertz CT molecular complexity index is 503. The Balaban J connectivity index is 2.28. The molecule has 1 aliphatic heterocycles. The van der Waals surface area contributed by atoms with E-state index in [1.807, 2.05) is 12.1 Å². The standard InChI is InChI=1S/C15H20N2O2/c1-11-10-13(8-9-16-11)15(2,3)12-4-6-14(7-5-12)17(18)19/h4-8,11,16H,9-10H2,1-3H3. The maximum absolute atomic E-state index is 10.7. The zero-order valence-electron chi connectivity index (χ0n) is 11.6. The van der Waals surface area contributed by atoms with Crippen molar-refractivity contribution in [2.24, 2.45) is 0 Å². The Kier molecular flexibility index (Phi) is 3.71. The number of nitro benzene ring substituents is 1. The summed E-state index contributed by atoms with van der Waals surface area (Å²) >= 11 is 0. The molecule has 19 heavy (non-hydrogen) atoms. The fourth-order valence-electron chi connectivity index (χ4n) is 2.56. The first-order valence-corrected chi connectivity index (χ1v) is 6.59. The Morgan fingerprint density at radius 2 is 1.95 bits per heavy atom. The lowest BCUT2D eigenvalue weighted by Gasteiger charge is -2.33. The predicted octanol–water partition coefficient (Wildman–Crippen LogP) is 3.18. The molecule has 1 heterocycles. The first-order chi connectivity index (χ1) is 8.91. The molecule has 4 nitrogen and oxygen atoms in total. The number of hydrogen-bond acceptors (Lipinski definition) is 3. The van der Waals surface area contributed by atoms with Crippen molar-refractivity contribution in [3.8, 4) is 0 Å². The van der Waals surface area contributed by atoms with E-state index < -0.39 is 0 Å². The maximum atomic E-state index is 10.7. The molecule has 1 aromatic carbocycles. The van der Waals surface area contributed by atoms with Gasteiger partial charge in [0.05, 0.1) is 4.92 Å². The van der Waals surface area contributed by atoms with E-state index in [-0.39, 0.29) is 16.0 Å². The van der Waals surface area contributed by atoms with Crippen LogP contribution >= 0.6 is 0 Å². The van der Waals surface area contributed by atoms with Crippen molar-refractivity contribution in [1.82, 2.24) is 5.32 Å². The second kappa shape index (κ2) is 5.13. The maximum Gasteiger partial charge on any atom is 0.269 e. The molecular formula is C15H20N2O2. The quantitative estimate of drug-likeness (QED) is 0.516. The van der Waals surface area contributed by atoms with Crippen molar-refractivity contribution in [2.45, 2.75) is 38.6 Å². The van der Waals surface area contributed by atoms with Crippen LogP contribution in [0.3, 0.4) is 0 Å². The molecule has 0 saturated carbocycles. The summed E-state index contributed by atoms with van der Waals surface area (Å²) in [5, 5.41) is 14.1. The van der Waals surface area contributed by atoms with Gasteiger partial charge in [-0.1, -0.05) is 37.6 Å². The van der Waals surface area contributed by atoms with E-state index in [1.165, 1.54) is 5.57 Å². The van der Waals surface area contributed by atoms with Crippen LogP contribution < -0.4 is 5.32 Å². The molecule has 0 fully saturated rings. The van der Waals surface area contributed by atoms with E-state index in [9.17, 15) is 10.1 Å². The molecule has 2 rings (SSSR count). The normalized spacial score (nSPS) is 19.9. The number of nitrogens with zero attached hydrogens (tertiary/aromatic N) is 1. The van der Waals surface area contributed by atoms with E-state index in [1.54, 1.807) is 12.1 Å². The Hall–Kier alpha value is -1.68. The van der Waals surface area contributed by atoms with Crippen molar-refractivity contribution in [1.29, 1.82) is 0 Å². The molecule has 1 aromatic rings. The van der Waals surface area contributed by atoms with Crippen LogP contribution in [-0.4, -0.2) is 17.5 Å². The molecule has 1 N–H and O–H groups in total. The fraction of sp³-hybridized carbons (Fsp3) is 0.467. The summed E-state index contributed by atoms with van der Waals surface area (Å²) in [4.78, 5) is 10.3. The summed E-state index contributed by atoms with van der Waals surface area (Å²) < 4.78 is 0. The minimum absolute atomic E-state index is 0.0779. The predicted molar refractivity (Wildman–Crippen MR) is 76.3 cm³/mol.